The summed E-state index contributed by atoms with van der Waals surface area (Å²) in [5, 5.41) is 13.8. The molecular formula is C33H29BrCl2N6O4. The molecule has 0 aromatic heterocycles. The van der Waals surface area contributed by atoms with Crippen LogP contribution in [0, 0.1) is 0 Å². The number of halogens is 3. The fourth-order valence-corrected chi connectivity index (χ4v) is 5.59. The fourth-order valence-electron chi connectivity index (χ4n) is 5.01. The Labute approximate surface area is 284 Å². The lowest BCUT2D eigenvalue weighted by Crippen LogP contribution is -2.53. The zero-order chi connectivity index (χ0) is 32.5. The van der Waals surface area contributed by atoms with Crippen LogP contribution in [-0.2, 0) is 22.5 Å². The van der Waals surface area contributed by atoms with Gasteiger partial charge in [-0.1, -0.05) is 86.7 Å². The number of amides is 1. The zero-order valence-corrected chi connectivity index (χ0v) is 27.5. The molecule has 5 rings (SSSR count). The van der Waals surface area contributed by atoms with E-state index in [1.807, 2.05) is 24.3 Å². The number of aliphatic imine (C=N–C) groups is 1. The normalized spacial score (nSPS) is 17.0. The second-order valence-corrected chi connectivity index (χ2v) is 12.1. The Kier molecular flexibility index (Phi) is 11.2. The maximum Gasteiger partial charge on any atom is 0.266 e. The van der Waals surface area contributed by atoms with Gasteiger partial charge in [0.25, 0.3) is 5.91 Å². The quantitative estimate of drug-likeness (QED) is 0.0425. The van der Waals surface area contributed by atoms with Gasteiger partial charge in [-0.2, -0.15) is 0 Å². The Morgan fingerprint density at radius 1 is 1.04 bits per heavy atom. The smallest absolute Gasteiger partial charge is 0.266 e. The monoisotopic (exact) mass is 722 g/mol. The van der Waals surface area contributed by atoms with E-state index in [2.05, 4.69) is 36.8 Å². The second kappa shape index (κ2) is 15.5. The molecule has 0 saturated carbocycles. The Morgan fingerprint density at radius 3 is 2.50 bits per heavy atom. The molecule has 0 radical (unpaired) electrons. The van der Waals surface area contributed by atoms with Gasteiger partial charge in [0.2, 0.25) is 5.90 Å². The number of hydrazine groups is 1. The molecule has 0 saturated heterocycles. The van der Waals surface area contributed by atoms with Crippen LogP contribution in [0.4, 0.5) is 5.69 Å². The standard InChI is InChI=1S/C33H29BrCl2N6O4/c34-24-11-6-21(7-12-24)19-33(32(44)41-38-20-22-8-15-27(35)28(36)18-22)30(26-4-1-2-5-29(26)40-42-37)46-31(39-33)23-9-13-25(14-10-23)45-17-3-16-43/h1-2,4-15,18,30,38,43H,3,16-17,19-20H2,(H,41,44)/t30-,33-/m0/s1. The first kappa shape index (κ1) is 33.3. The summed E-state index contributed by atoms with van der Waals surface area (Å²) in [5.74, 6) is 0.390. The number of ether oxygens (including phenoxy) is 2. The topological polar surface area (TPSA) is 141 Å². The average molecular weight is 724 g/mol. The molecule has 1 aliphatic rings. The van der Waals surface area contributed by atoms with E-state index in [1.54, 1.807) is 66.7 Å². The van der Waals surface area contributed by atoms with Gasteiger partial charge in [-0.15, -0.1) is 0 Å². The lowest BCUT2D eigenvalue weighted by molar-refractivity contribution is -0.130. The molecule has 4 aromatic carbocycles. The zero-order valence-electron chi connectivity index (χ0n) is 24.4. The summed E-state index contributed by atoms with van der Waals surface area (Å²) in [6.07, 6.45) is -0.307. The molecular weight excluding hydrogens is 695 g/mol. The van der Waals surface area contributed by atoms with Crippen LogP contribution in [0.3, 0.4) is 0 Å². The minimum Gasteiger partial charge on any atom is -0.494 e. The van der Waals surface area contributed by atoms with Crippen LogP contribution in [-0.4, -0.2) is 35.7 Å². The maximum atomic E-state index is 14.4. The highest BCUT2D eigenvalue weighted by molar-refractivity contribution is 9.10. The van der Waals surface area contributed by atoms with Gasteiger partial charge in [0.15, 0.2) is 11.6 Å². The number of hydrogen-bond donors (Lipinski definition) is 3. The van der Waals surface area contributed by atoms with Crippen molar-refractivity contribution < 1.29 is 19.4 Å². The van der Waals surface area contributed by atoms with E-state index in [4.69, 9.17) is 42.8 Å². The predicted molar refractivity (Wildman–Crippen MR) is 181 cm³/mol. The molecule has 1 aliphatic heterocycles. The van der Waals surface area contributed by atoms with Crippen molar-refractivity contribution >= 4 is 56.6 Å². The number of aliphatic hydroxyl groups is 1. The molecule has 4 aromatic rings. The van der Waals surface area contributed by atoms with Crippen molar-refractivity contribution in [2.45, 2.75) is 31.0 Å². The molecule has 1 heterocycles. The molecule has 1 amide bonds. The van der Waals surface area contributed by atoms with Gasteiger partial charge in [-0.25, -0.2) is 10.4 Å². The summed E-state index contributed by atoms with van der Waals surface area (Å²) >= 11 is 15.7. The van der Waals surface area contributed by atoms with Crippen LogP contribution >= 0.6 is 39.1 Å². The number of rotatable bonds is 13. The number of nitrogens with one attached hydrogen (secondary N) is 2. The van der Waals surface area contributed by atoms with Crippen LogP contribution in [0.15, 0.2) is 106 Å². The first-order valence-corrected chi connectivity index (χ1v) is 15.8. The Morgan fingerprint density at radius 2 is 1.78 bits per heavy atom. The summed E-state index contributed by atoms with van der Waals surface area (Å²) in [6, 6.07) is 26.9. The molecule has 0 aliphatic carbocycles. The summed E-state index contributed by atoms with van der Waals surface area (Å²) in [7, 11) is 0. The van der Waals surface area contributed by atoms with E-state index in [0.29, 0.717) is 45.6 Å². The first-order chi connectivity index (χ1) is 22.3. The third-order valence-electron chi connectivity index (χ3n) is 7.27. The molecule has 0 spiro atoms. The van der Waals surface area contributed by atoms with E-state index in [9.17, 15) is 10.3 Å². The number of carbonyl (C=O) groups excluding carboxylic acids is 1. The number of carbonyl (C=O) groups is 1. The SMILES string of the molecule is [N-]=[N+]=Nc1ccccc1[C@@H]1OC(c2ccc(OCCCO)cc2)=N[C@]1(Cc1ccc(Br)cc1)C(=O)NNCc1ccc(Cl)c(Cl)c1. The van der Waals surface area contributed by atoms with Crippen LogP contribution in [0.25, 0.3) is 10.4 Å². The van der Waals surface area contributed by atoms with Crippen molar-refractivity contribution in [1.29, 1.82) is 0 Å². The molecule has 0 fully saturated rings. The molecule has 3 N–H and O–H groups in total. The molecule has 0 bridgehead atoms. The summed E-state index contributed by atoms with van der Waals surface area (Å²) in [6.45, 7) is 0.662. The predicted octanol–water partition coefficient (Wildman–Crippen LogP) is 7.78. The molecule has 2 atom stereocenters. The van der Waals surface area contributed by atoms with Gasteiger partial charge in [0.1, 0.15) is 5.75 Å². The van der Waals surface area contributed by atoms with Crippen molar-refractivity contribution in [2.24, 2.45) is 10.1 Å². The van der Waals surface area contributed by atoms with Crippen molar-refractivity contribution in [3.8, 4) is 5.75 Å². The minimum absolute atomic E-state index is 0.0340. The lowest BCUT2D eigenvalue weighted by Gasteiger charge is -2.31. The maximum absolute atomic E-state index is 14.4. The fraction of sp³-hybridized carbons (Fsp3) is 0.212. The van der Waals surface area contributed by atoms with Crippen LogP contribution in [0.2, 0.25) is 10.0 Å². The number of benzene rings is 4. The van der Waals surface area contributed by atoms with E-state index in [1.165, 1.54) is 0 Å². The van der Waals surface area contributed by atoms with E-state index in [-0.39, 0.29) is 25.5 Å². The highest BCUT2D eigenvalue weighted by Gasteiger charge is 2.54. The molecule has 13 heteroatoms. The third-order valence-corrected chi connectivity index (χ3v) is 8.53. The van der Waals surface area contributed by atoms with Crippen molar-refractivity contribution in [1.82, 2.24) is 10.9 Å². The Hall–Kier alpha value is -4.09. The summed E-state index contributed by atoms with van der Waals surface area (Å²) < 4.78 is 13.1. The van der Waals surface area contributed by atoms with Gasteiger partial charge in [-0.3, -0.25) is 10.2 Å². The first-order valence-electron chi connectivity index (χ1n) is 14.3. The van der Waals surface area contributed by atoms with Gasteiger partial charge >= 0.3 is 0 Å². The van der Waals surface area contributed by atoms with Gasteiger partial charge in [0.05, 0.1) is 16.7 Å². The van der Waals surface area contributed by atoms with E-state index < -0.39 is 17.6 Å². The lowest BCUT2D eigenvalue weighted by atomic mass is 9.81. The number of hydrogen-bond acceptors (Lipinski definition) is 7. The summed E-state index contributed by atoms with van der Waals surface area (Å²) in [5.41, 5.74) is 16.7. The van der Waals surface area contributed by atoms with Gasteiger partial charge in [-0.05, 0) is 65.2 Å². The van der Waals surface area contributed by atoms with Crippen LogP contribution in [0.5, 0.6) is 5.75 Å². The third kappa shape index (κ3) is 7.82. The highest BCUT2D eigenvalue weighted by atomic mass is 79.9. The minimum atomic E-state index is -1.54. The molecule has 0 unspecified atom stereocenters. The van der Waals surface area contributed by atoms with Crippen molar-refractivity contribution in [2.75, 3.05) is 13.2 Å². The molecule has 10 nitrogen and oxygen atoms in total. The van der Waals surface area contributed by atoms with Crippen molar-refractivity contribution in [3.05, 3.63) is 138 Å². The van der Waals surface area contributed by atoms with Crippen molar-refractivity contribution in [3.63, 3.8) is 0 Å². The van der Waals surface area contributed by atoms with Crippen LogP contribution < -0.4 is 15.6 Å². The van der Waals surface area contributed by atoms with E-state index in [0.717, 1.165) is 15.6 Å². The number of aliphatic hydroxyl groups excluding tert-OH is 1. The average Bonchev–Trinajstić information content (AvgIpc) is 3.45. The van der Waals surface area contributed by atoms with Gasteiger partial charge < -0.3 is 14.6 Å². The summed E-state index contributed by atoms with van der Waals surface area (Å²) in [4.78, 5) is 22.4. The Bertz CT molecular complexity index is 1770. The molecule has 46 heavy (non-hydrogen) atoms. The Balaban J connectivity index is 1.55. The number of azide groups is 1. The van der Waals surface area contributed by atoms with E-state index >= 15 is 0 Å². The largest absolute Gasteiger partial charge is 0.494 e. The second-order valence-electron chi connectivity index (χ2n) is 10.4. The number of nitrogens with zero attached hydrogens (tertiary/aromatic N) is 4. The van der Waals surface area contributed by atoms with Crippen LogP contribution in [0.1, 0.15) is 34.8 Å². The van der Waals surface area contributed by atoms with Gasteiger partial charge in [0, 0.05) is 52.2 Å². The highest BCUT2D eigenvalue weighted by Crippen LogP contribution is 2.45. The molecule has 236 valence electrons.